The molecule has 0 radical (unpaired) electrons. The van der Waals surface area contributed by atoms with Gasteiger partial charge in [-0.2, -0.15) is 0 Å². The predicted molar refractivity (Wildman–Crippen MR) is 204 cm³/mol. The molecule has 3 fully saturated rings. The monoisotopic (exact) mass is 835 g/mol. The van der Waals surface area contributed by atoms with Crippen LogP contribution in [0.2, 0.25) is 0 Å². The van der Waals surface area contributed by atoms with Crippen LogP contribution >= 0.6 is 0 Å². The number of Topliss-reactive ketones (excluding diaryl/α,β-unsaturated/α-hetero) is 1. The van der Waals surface area contributed by atoms with Crippen LogP contribution in [0.3, 0.4) is 0 Å². The number of nitrogens with one attached hydrogen (secondary N) is 1. The molecule has 1 aromatic carbocycles. The number of carbonyl (C=O) groups is 6. The quantitative estimate of drug-likeness (QED) is 0.0836. The van der Waals surface area contributed by atoms with Gasteiger partial charge in [0.25, 0.3) is 0 Å². The number of aliphatic hydroxyl groups excluding tert-OH is 2. The molecule has 60 heavy (non-hydrogen) atoms. The van der Waals surface area contributed by atoms with Crippen molar-refractivity contribution < 1.29 is 76.9 Å². The maximum absolute atomic E-state index is 15.4. The summed E-state index contributed by atoms with van der Waals surface area (Å²) < 4.78 is 40.4. The first-order chi connectivity index (χ1) is 28.2. The van der Waals surface area contributed by atoms with Crippen LogP contribution in [0, 0.1) is 29.1 Å². The Morgan fingerprint density at radius 3 is 2.30 bits per heavy atom. The van der Waals surface area contributed by atoms with Crippen molar-refractivity contribution in [2.24, 2.45) is 16.7 Å². The molecule has 17 nitrogen and oxygen atoms in total. The number of ketones is 1. The van der Waals surface area contributed by atoms with Crippen LogP contribution in [0.5, 0.6) is 0 Å². The van der Waals surface area contributed by atoms with Crippen molar-refractivity contribution in [3.63, 3.8) is 0 Å². The number of aliphatic hydroxyl groups is 3. The number of fused-ring (bicyclic) bond motifs is 5. The molecule has 1 saturated heterocycles. The van der Waals surface area contributed by atoms with Gasteiger partial charge >= 0.3 is 30.0 Å². The molecule has 0 spiro atoms. The van der Waals surface area contributed by atoms with Crippen LogP contribution < -0.4 is 5.32 Å². The molecule has 1 aromatic heterocycles. The van der Waals surface area contributed by atoms with Crippen LogP contribution in [-0.2, 0) is 47.6 Å². The van der Waals surface area contributed by atoms with E-state index < -0.39 is 113 Å². The van der Waals surface area contributed by atoms with Crippen LogP contribution in [-0.4, -0.2) is 112 Å². The van der Waals surface area contributed by atoms with Gasteiger partial charge in [0.15, 0.2) is 23.6 Å². The first-order valence-electron chi connectivity index (χ1n) is 19.4. The summed E-state index contributed by atoms with van der Waals surface area (Å²) in [5.74, 6) is -4.20. The van der Waals surface area contributed by atoms with Gasteiger partial charge in [-0.15, -0.1) is 12.3 Å². The minimum absolute atomic E-state index is 0.0392. The van der Waals surface area contributed by atoms with Gasteiger partial charge in [0.1, 0.15) is 42.3 Å². The molecule has 6 rings (SSSR count). The van der Waals surface area contributed by atoms with Crippen LogP contribution in [0.4, 0.5) is 4.79 Å². The van der Waals surface area contributed by atoms with Gasteiger partial charge in [0.2, 0.25) is 0 Å². The van der Waals surface area contributed by atoms with Crippen molar-refractivity contribution in [3.05, 3.63) is 71.2 Å². The lowest BCUT2D eigenvalue weighted by atomic mass is 9.44. The van der Waals surface area contributed by atoms with Gasteiger partial charge in [-0.3, -0.25) is 14.4 Å². The molecule has 2 heterocycles. The van der Waals surface area contributed by atoms with E-state index in [4.69, 9.17) is 39.3 Å². The number of amides is 1. The average Bonchev–Trinajstić information content (AvgIpc) is 3.73. The molecule has 17 heteroatoms. The van der Waals surface area contributed by atoms with Crippen molar-refractivity contribution in [2.45, 2.75) is 115 Å². The summed E-state index contributed by atoms with van der Waals surface area (Å²) >= 11 is 0. The second-order valence-corrected chi connectivity index (χ2v) is 16.4. The van der Waals surface area contributed by atoms with Gasteiger partial charge < -0.3 is 53.5 Å². The van der Waals surface area contributed by atoms with Gasteiger partial charge in [-0.25, -0.2) is 14.4 Å². The highest BCUT2D eigenvalue weighted by Crippen LogP contribution is 2.64. The Hall–Kier alpha value is -5.54. The summed E-state index contributed by atoms with van der Waals surface area (Å²) in [7, 11) is 0. The minimum atomic E-state index is -2.42. The molecule has 11 atom stereocenters. The highest BCUT2D eigenvalue weighted by atomic mass is 16.6. The number of ether oxygens (including phenoxy) is 6. The Morgan fingerprint density at radius 1 is 1.02 bits per heavy atom. The summed E-state index contributed by atoms with van der Waals surface area (Å²) in [6.07, 6.45) is -5.30. The van der Waals surface area contributed by atoms with Gasteiger partial charge in [-0.1, -0.05) is 32.0 Å². The van der Waals surface area contributed by atoms with Crippen molar-refractivity contribution in [2.75, 3.05) is 13.2 Å². The maximum atomic E-state index is 15.4. The highest BCUT2D eigenvalue weighted by Gasteiger charge is 2.78. The second kappa shape index (κ2) is 16.5. The summed E-state index contributed by atoms with van der Waals surface area (Å²) in [6, 6.07) is 9.03. The molecule has 2 aromatic rings. The predicted octanol–water partition coefficient (Wildman–Crippen LogP) is 2.65. The smallest absolute Gasteiger partial charge is 0.407 e. The van der Waals surface area contributed by atoms with Crippen LogP contribution in [0.15, 0.2) is 64.3 Å². The molecule has 322 valence electrons. The van der Waals surface area contributed by atoms with Gasteiger partial charge in [-0.05, 0) is 49.3 Å². The van der Waals surface area contributed by atoms with Crippen molar-refractivity contribution in [1.29, 1.82) is 0 Å². The number of hydrogen-bond donors (Lipinski definition) is 4. The van der Waals surface area contributed by atoms with E-state index in [1.807, 2.05) is 0 Å². The Labute approximate surface area is 345 Å². The molecule has 9 unspecified atom stereocenters. The van der Waals surface area contributed by atoms with Gasteiger partial charge in [0, 0.05) is 38.5 Å². The standard InChI is InChI=1S/C43H49NO16/c1-8-9-17-55-39(52)44-31(26-16-13-18-54-26)32(48)38(51)58-27-20-43(53)36(59-37(50)25-14-11-10-12-15-25)34-41(7,28(47)19-29-42(34,21-56-29)60-24(4)46)35(49)33(57-23(3)45)30(22(27)2)40(43,5)6/h1,10-16,18,27-29,31-34,36,47-48,53H,9,17,19-21H2,2-7H3,(H,44,52)/t27?,28?,29?,31?,32?,33?,34?,36?,41-,42+,43?/m1/s1. The molecule has 4 aliphatic rings. The number of terminal acetylenes is 1. The normalized spacial score (nSPS) is 32.4. The third-order valence-corrected chi connectivity index (χ3v) is 12.6. The number of rotatable bonds is 11. The first-order valence-corrected chi connectivity index (χ1v) is 19.4. The lowest BCUT2D eigenvalue weighted by Gasteiger charge is -2.67. The fourth-order valence-electron chi connectivity index (χ4n) is 9.51. The molecular formula is C43H49NO16. The summed E-state index contributed by atoms with van der Waals surface area (Å²) in [5.41, 5.74) is -7.83. The third-order valence-electron chi connectivity index (χ3n) is 12.6. The molecule has 1 amide bonds. The van der Waals surface area contributed by atoms with E-state index in [-0.39, 0.29) is 48.5 Å². The average molecular weight is 836 g/mol. The number of hydrogen-bond acceptors (Lipinski definition) is 16. The summed E-state index contributed by atoms with van der Waals surface area (Å²) in [4.78, 5) is 82.2. The zero-order valence-corrected chi connectivity index (χ0v) is 34.0. The third kappa shape index (κ3) is 7.35. The summed E-state index contributed by atoms with van der Waals surface area (Å²) in [6.45, 7) is 7.63. The Bertz CT molecular complexity index is 2090. The summed E-state index contributed by atoms with van der Waals surface area (Å²) in [5, 5.41) is 39.4. The van der Waals surface area contributed by atoms with E-state index in [9.17, 15) is 39.3 Å². The van der Waals surface area contributed by atoms with Crippen molar-refractivity contribution in [3.8, 4) is 12.3 Å². The number of furan rings is 1. The van der Waals surface area contributed by atoms with Crippen molar-refractivity contribution >= 4 is 35.8 Å². The molecule has 3 aliphatic carbocycles. The number of benzene rings is 1. The zero-order valence-electron chi connectivity index (χ0n) is 34.0. The lowest BCUT2D eigenvalue weighted by Crippen LogP contribution is -2.82. The minimum Gasteiger partial charge on any atom is -0.467 e. The van der Waals surface area contributed by atoms with E-state index >= 15 is 4.79 Å². The van der Waals surface area contributed by atoms with E-state index in [0.717, 1.165) is 13.8 Å². The highest BCUT2D eigenvalue weighted by molar-refractivity contribution is 5.95. The molecular weight excluding hydrogens is 786 g/mol. The van der Waals surface area contributed by atoms with E-state index in [0.29, 0.717) is 0 Å². The lowest BCUT2D eigenvalue weighted by molar-refractivity contribution is -0.346. The SMILES string of the molecule is C#CCCOC(=O)NC(c1ccco1)C(O)C(=O)OC1CC2(O)C(OC(=O)c3ccccc3)C3[C@]4(OC(C)=O)COC4CC(O)[C@@]3(C)C(=O)C(OC(C)=O)C(=C1C)C2(C)C. The zero-order chi connectivity index (χ0) is 43.9. The van der Waals surface area contributed by atoms with Gasteiger partial charge in [0.05, 0.1) is 35.9 Å². The molecule has 2 saturated carbocycles. The second-order valence-electron chi connectivity index (χ2n) is 16.4. The first kappa shape index (κ1) is 44.0. The largest absolute Gasteiger partial charge is 0.467 e. The Kier molecular flexibility index (Phi) is 12.1. The molecule has 1 aliphatic heterocycles. The van der Waals surface area contributed by atoms with Crippen LogP contribution in [0.25, 0.3) is 0 Å². The van der Waals surface area contributed by atoms with Crippen molar-refractivity contribution in [1.82, 2.24) is 5.32 Å². The Balaban J connectivity index is 1.52. The number of esters is 4. The van der Waals surface area contributed by atoms with E-state index in [2.05, 4.69) is 11.2 Å². The number of alkyl carbamates (subject to hydrolysis) is 1. The van der Waals surface area contributed by atoms with E-state index in [1.54, 1.807) is 18.2 Å². The Morgan fingerprint density at radius 2 is 1.72 bits per heavy atom. The molecule has 2 bridgehead atoms. The number of carbonyl (C=O) groups excluding carboxylic acids is 6. The fourth-order valence-corrected chi connectivity index (χ4v) is 9.51. The fraction of sp³-hybridized carbons (Fsp3) is 0.535. The molecule has 4 N–H and O–H groups in total. The van der Waals surface area contributed by atoms with E-state index in [1.165, 1.54) is 58.2 Å². The topological polar surface area (TPSA) is 244 Å². The van der Waals surface area contributed by atoms with Crippen LogP contribution in [0.1, 0.15) is 83.0 Å². The maximum Gasteiger partial charge on any atom is 0.407 e.